The monoisotopic (exact) mass is 199 g/mol. The Bertz CT molecular complexity index is 265. The summed E-state index contributed by atoms with van der Waals surface area (Å²) in [4.78, 5) is 3.93. The number of aliphatic hydroxyl groups excluding tert-OH is 1. The standard InChI is InChI=1S/C10H14ClNO/c1-2-3-4-10(13)8-7-12-6-5-9(8)11/h5-7,10,13H,2-4H2,1H3/t10-/m0/s1. The van der Waals surface area contributed by atoms with E-state index < -0.39 is 6.10 Å². The first-order chi connectivity index (χ1) is 6.25. The fourth-order valence-electron chi connectivity index (χ4n) is 1.19. The lowest BCUT2D eigenvalue weighted by molar-refractivity contribution is 0.164. The Morgan fingerprint density at radius 1 is 1.62 bits per heavy atom. The molecule has 0 saturated carbocycles. The maximum atomic E-state index is 9.71. The number of pyridine rings is 1. The van der Waals surface area contributed by atoms with Gasteiger partial charge in [-0.05, 0) is 12.5 Å². The molecule has 1 aromatic heterocycles. The molecule has 1 aromatic rings. The van der Waals surface area contributed by atoms with Crippen LogP contribution in [0.4, 0.5) is 0 Å². The molecule has 72 valence electrons. The van der Waals surface area contributed by atoms with Gasteiger partial charge in [0.05, 0.1) is 6.10 Å². The summed E-state index contributed by atoms with van der Waals surface area (Å²) in [6.45, 7) is 2.09. The van der Waals surface area contributed by atoms with Crippen LogP contribution in [0, 0.1) is 0 Å². The van der Waals surface area contributed by atoms with Crippen LogP contribution in [0.3, 0.4) is 0 Å². The Kier molecular flexibility index (Phi) is 4.19. The van der Waals surface area contributed by atoms with Crippen LogP contribution in [-0.2, 0) is 0 Å². The summed E-state index contributed by atoms with van der Waals surface area (Å²) in [6.07, 6.45) is 5.62. The normalized spacial score (nSPS) is 12.8. The second-order valence-corrected chi connectivity index (χ2v) is 3.46. The molecule has 0 amide bonds. The van der Waals surface area contributed by atoms with Crippen molar-refractivity contribution >= 4 is 11.6 Å². The molecule has 0 aliphatic heterocycles. The fourth-order valence-corrected chi connectivity index (χ4v) is 1.42. The lowest BCUT2D eigenvalue weighted by atomic mass is 10.1. The quantitative estimate of drug-likeness (QED) is 0.809. The van der Waals surface area contributed by atoms with Gasteiger partial charge in [0.15, 0.2) is 0 Å². The molecule has 0 saturated heterocycles. The Balaban J connectivity index is 2.65. The number of aromatic nitrogens is 1. The molecule has 0 spiro atoms. The number of unbranched alkanes of at least 4 members (excludes halogenated alkanes) is 1. The van der Waals surface area contributed by atoms with Gasteiger partial charge in [-0.25, -0.2) is 0 Å². The van der Waals surface area contributed by atoms with Gasteiger partial charge in [0.1, 0.15) is 0 Å². The Morgan fingerprint density at radius 2 is 2.38 bits per heavy atom. The maximum Gasteiger partial charge on any atom is 0.0819 e. The summed E-state index contributed by atoms with van der Waals surface area (Å²) < 4.78 is 0. The molecule has 1 N–H and O–H groups in total. The molecule has 13 heavy (non-hydrogen) atoms. The van der Waals surface area contributed by atoms with Gasteiger partial charge in [0.2, 0.25) is 0 Å². The summed E-state index contributed by atoms with van der Waals surface area (Å²) in [6, 6.07) is 1.70. The van der Waals surface area contributed by atoms with Crippen LogP contribution in [0.25, 0.3) is 0 Å². The van der Waals surface area contributed by atoms with Crippen molar-refractivity contribution in [2.75, 3.05) is 0 Å². The first kappa shape index (κ1) is 10.5. The number of halogens is 1. The van der Waals surface area contributed by atoms with E-state index in [1.54, 1.807) is 18.5 Å². The highest BCUT2D eigenvalue weighted by molar-refractivity contribution is 6.31. The van der Waals surface area contributed by atoms with Crippen molar-refractivity contribution in [3.05, 3.63) is 29.0 Å². The fraction of sp³-hybridized carbons (Fsp3) is 0.500. The van der Waals surface area contributed by atoms with E-state index in [1.165, 1.54) is 0 Å². The van der Waals surface area contributed by atoms with E-state index >= 15 is 0 Å². The van der Waals surface area contributed by atoms with E-state index in [9.17, 15) is 5.11 Å². The van der Waals surface area contributed by atoms with Crippen LogP contribution in [0.15, 0.2) is 18.5 Å². The predicted octanol–water partition coefficient (Wildman–Crippen LogP) is 2.96. The van der Waals surface area contributed by atoms with E-state index in [0.29, 0.717) is 5.02 Å². The van der Waals surface area contributed by atoms with Crippen molar-refractivity contribution in [3.63, 3.8) is 0 Å². The maximum absolute atomic E-state index is 9.71. The van der Waals surface area contributed by atoms with E-state index in [4.69, 9.17) is 11.6 Å². The smallest absolute Gasteiger partial charge is 0.0819 e. The number of nitrogens with zero attached hydrogens (tertiary/aromatic N) is 1. The molecule has 0 aliphatic carbocycles. The zero-order valence-electron chi connectivity index (χ0n) is 7.70. The molecule has 1 heterocycles. The van der Waals surface area contributed by atoms with Gasteiger partial charge in [-0.2, -0.15) is 0 Å². The van der Waals surface area contributed by atoms with Crippen molar-refractivity contribution in [1.29, 1.82) is 0 Å². The molecule has 0 unspecified atom stereocenters. The molecule has 0 aliphatic rings. The lowest BCUT2D eigenvalue weighted by Gasteiger charge is -2.10. The van der Waals surface area contributed by atoms with Crippen molar-refractivity contribution in [2.45, 2.75) is 32.3 Å². The Morgan fingerprint density at radius 3 is 3.00 bits per heavy atom. The van der Waals surface area contributed by atoms with Crippen LogP contribution in [0.2, 0.25) is 5.02 Å². The summed E-state index contributed by atoms with van der Waals surface area (Å²) in [7, 11) is 0. The minimum atomic E-state index is -0.471. The SMILES string of the molecule is CCCC[C@H](O)c1cnccc1Cl. The second-order valence-electron chi connectivity index (χ2n) is 3.06. The van der Waals surface area contributed by atoms with Gasteiger partial charge in [-0.15, -0.1) is 0 Å². The minimum Gasteiger partial charge on any atom is -0.388 e. The summed E-state index contributed by atoms with van der Waals surface area (Å²) >= 11 is 5.90. The zero-order chi connectivity index (χ0) is 9.68. The third-order valence-corrected chi connectivity index (χ3v) is 2.33. The largest absolute Gasteiger partial charge is 0.388 e. The summed E-state index contributed by atoms with van der Waals surface area (Å²) in [5.41, 5.74) is 0.734. The van der Waals surface area contributed by atoms with Crippen LogP contribution in [0.5, 0.6) is 0 Å². The molecule has 0 aromatic carbocycles. The molecule has 1 atom stereocenters. The molecular formula is C10H14ClNO. The number of rotatable bonds is 4. The summed E-state index contributed by atoms with van der Waals surface area (Å²) in [5, 5.41) is 10.3. The molecule has 0 fully saturated rings. The average molecular weight is 200 g/mol. The molecule has 2 nitrogen and oxygen atoms in total. The Labute approximate surface area is 83.6 Å². The van der Waals surface area contributed by atoms with Crippen molar-refractivity contribution in [1.82, 2.24) is 4.98 Å². The number of aliphatic hydroxyl groups is 1. The molecule has 3 heteroatoms. The van der Waals surface area contributed by atoms with Crippen molar-refractivity contribution in [3.8, 4) is 0 Å². The highest BCUT2D eigenvalue weighted by atomic mass is 35.5. The van der Waals surface area contributed by atoms with Crippen LogP contribution < -0.4 is 0 Å². The molecule has 0 radical (unpaired) electrons. The third kappa shape index (κ3) is 2.98. The van der Waals surface area contributed by atoms with Gasteiger partial charge in [-0.3, -0.25) is 4.98 Å². The number of hydrogen-bond donors (Lipinski definition) is 1. The molecule has 0 bridgehead atoms. The van der Waals surface area contributed by atoms with Crippen LogP contribution in [0.1, 0.15) is 37.9 Å². The first-order valence-electron chi connectivity index (χ1n) is 4.53. The van der Waals surface area contributed by atoms with E-state index in [-0.39, 0.29) is 0 Å². The lowest BCUT2D eigenvalue weighted by Crippen LogP contribution is -1.98. The van der Waals surface area contributed by atoms with Crippen molar-refractivity contribution < 1.29 is 5.11 Å². The predicted molar refractivity (Wildman–Crippen MR) is 53.7 cm³/mol. The Hall–Kier alpha value is -0.600. The molecular weight excluding hydrogens is 186 g/mol. The van der Waals surface area contributed by atoms with Gasteiger partial charge in [0, 0.05) is 23.0 Å². The van der Waals surface area contributed by atoms with Gasteiger partial charge >= 0.3 is 0 Å². The van der Waals surface area contributed by atoms with Crippen LogP contribution >= 0.6 is 11.6 Å². The molecule has 1 rings (SSSR count). The van der Waals surface area contributed by atoms with Gasteiger partial charge in [0.25, 0.3) is 0 Å². The average Bonchev–Trinajstić information content (AvgIpc) is 2.15. The van der Waals surface area contributed by atoms with Gasteiger partial charge < -0.3 is 5.11 Å². The van der Waals surface area contributed by atoms with E-state index in [1.807, 2.05) is 0 Å². The summed E-state index contributed by atoms with van der Waals surface area (Å²) in [5.74, 6) is 0. The minimum absolute atomic E-state index is 0.471. The van der Waals surface area contributed by atoms with Crippen molar-refractivity contribution in [2.24, 2.45) is 0 Å². The second kappa shape index (κ2) is 5.20. The topological polar surface area (TPSA) is 33.1 Å². The third-order valence-electron chi connectivity index (χ3n) is 1.99. The van der Waals surface area contributed by atoms with E-state index in [2.05, 4.69) is 11.9 Å². The zero-order valence-corrected chi connectivity index (χ0v) is 8.46. The number of hydrogen-bond acceptors (Lipinski definition) is 2. The van der Waals surface area contributed by atoms with Crippen LogP contribution in [-0.4, -0.2) is 10.1 Å². The highest BCUT2D eigenvalue weighted by Crippen LogP contribution is 2.24. The highest BCUT2D eigenvalue weighted by Gasteiger charge is 2.10. The van der Waals surface area contributed by atoms with E-state index in [0.717, 1.165) is 24.8 Å². The van der Waals surface area contributed by atoms with Gasteiger partial charge in [-0.1, -0.05) is 31.4 Å². The first-order valence-corrected chi connectivity index (χ1v) is 4.91.